The van der Waals surface area contributed by atoms with Gasteiger partial charge in [-0.2, -0.15) is 0 Å². The number of carboxylic acid groups (broad SMARTS) is 1. The molecule has 2 aliphatic rings. The summed E-state index contributed by atoms with van der Waals surface area (Å²) in [7, 11) is 1.72. The molecule has 1 saturated heterocycles. The lowest BCUT2D eigenvalue weighted by Gasteiger charge is -2.38. The molecule has 8 heteroatoms. The number of hydrogen-bond acceptors (Lipinski definition) is 5. The molecule has 1 unspecified atom stereocenters. The number of amides is 2. The van der Waals surface area contributed by atoms with E-state index < -0.39 is 24.1 Å². The molecule has 1 aliphatic heterocycles. The van der Waals surface area contributed by atoms with Crippen LogP contribution in [0.15, 0.2) is 48.5 Å². The lowest BCUT2D eigenvalue weighted by molar-refractivity contribution is -0.148. The Morgan fingerprint density at radius 1 is 1.06 bits per heavy atom. The molecule has 2 amide bonds. The summed E-state index contributed by atoms with van der Waals surface area (Å²) >= 11 is 0. The molecular formula is C24H27N3O5. The Balaban J connectivity index is 1.35. The number of hydrogen-bond donors (Lipinski definition) is 2. The van der Waals surface area contributed by atoms with Crippen LogP contribution in [0.2, 0.25) is 0 Å². The molecule has 0 bridgehead atoms. The molecule has 4 rings (SSSR count). The van der Waals surface area contributed by atoms with E-state index in [1.165, 1.54) is 4.90 Å². The van der Waals surface area contributed by atoms with Gasteiger partial charge < -0.3 is 20.1 Å². The van der Waals surface area contributed by atoms with Crippen molar-refractivity contribution in [2.24, 2.45) is 0 Å². The second-order valence-electron chi connectivity index (χ2n) is 8.31. The molecule has 8 nitrogen and oxygen atoms in total. The molecule has 1 aliphatic carbocycles. The number of likely N-dealkylation sites (N-methyl/N-ethyl adjacent to an activating group) is 1. The second-order valence-corrected chi connectivity index (χ2v) is 8.31. The summed E-state index contributed by atoms with van der Waals surface area (Å²) in [6, 6.07) is 14.6. The van der Waals surface area contributed by atoms with Gasteiger partial charge in [0.05, 0.1) is 0 Å². The van der Waals surface area contributed by atoms with Gasteiger partial charge in [0.2, 0.25) is 5.91 Å². The number of alkyl carbamates (subject to hydrolysis) is 1. The molecule has 2 N–H and O–H groups in total. The summed E-state index contributed by atoms with van der Waals surface area (Å²) in [5, 5.41) is 11.9. The third-order valence-electron chi connectivity index (χ3n) is 6.29. The number of carbonyl (C=O) groups excluding carboxylic acids is 2. The first-order chi connectivity index (χ1) is 15.4. The zero-order valence-corrected chi connectivity index (χ0v) is 18.2. The molecule has 168 valence electrons. The van der Waals surface area contributed by atoms with E-state index in [4.69, 9.17) is 4.74 Å². The normalized spacial score (nSPS) is 19.1. The summed E-state index contributed by atoms with van der Waals surface area (Å²) in [5.41, 5.74) is 4.51. The predicted molar refractivity (Wildman–Crippen MR) is 118 cm³/mol. The van der Waals surface area contributed by atoms with Gasteiger partial charge >= 0.3 is 12.1 Å². The summed E-state index contributed by atoms with van der Waals surface area (Å²) in [5.74, 6) is -1.35. The maximum atomic E-state index is 12.7. The molecule has 32 heavy (non-hydrogen) atoms. The lowest BCUT2D eigenvalue weighted by Crippen LogP contribution is -2.59. The fourth-order valence-electron chi connectivity index (χ4n) is 4.49. The topological polar surface area (TPSA) is 99.2 Å². The number of ether oxygens (including phenoxy) is 1. The van der Waals surface area contributed by atoms with Crippen molar-refractivity contribution in [3.8, 4) is 11.1 Å². The van der Waals surface area contributed by atoms with Crippen molar-refractivity contribution in [2.75, 3.05) is 33.3 Å². The smallest absolute Gasteiger partial charge is 0.407 e. The fraction of sp³-hybridized carbons (Fsp3) is 0.375. The van der Waals surface area contributed by atoms with Crippen LogP contribution in [0.5, 0.6) is 0 Å². The van der Waals surface area contributed by atoms with Crippen LogP contribution in [0.25, 0.3) is 11.1 Å². The Bertz CT molecular complexity index is 994. The van der Waals surface area contributed by atoms with Crippen molar-refractivity contribution in [1.82, 2.24) is 15.1 Å². The number of carbonyl (C=O) groups is 3. The Hall–Kier alpha value is -3.39. The Kier molecular flexibility index (Phi) is 6.14. The number of aliphatic carboxylic acids is 1. The molecule has 0 spiro atoms. The first-order valence-electron chi connectivity index (χ1n) is 10.7. The highest BCUT2D eigenvalue weighted by Gasteiger charge is 2.34. The average Bonchev–Trinajstić information content (AvgIpc) is 3.11. The van der Waals surface area contributed by atoms with E-state index in [-0.39, 0.29) is 25.0 Å². The largest absolute Gasteiger partial charge is 0.480 e. The number of nitrogens with zero attached hydrogens (tertiary/aromatic N) is 2. The SMILES string of the molecule is C[C@@H](NC(=O)OCC1c2ccccc2-c2ccccc21)C(=O)N1CCN(C)C(C(=O)O)C1. The van der Waals surface area contributed by atoms with E-state index in [1.807, 2.05) is 36.4 Å². The maximum Gasteiger partial charge on any atom is 0.407 e. The van der Waals surface area contributed by atoms with Crippen LogP contribution < -0.4 is 5.32 Å². The molecule has 2 aromatic carbocycles. The average molecular weight is 437 g/mol. The molecule has 0 radical (unpaired) electrons. The predicted octanol–water partition coefficient (Wildman–Crippen LogP) is 2.14. The van der Waals surface area contributed by atoms with E-state index >= 15 is 0 Å². The van der Waals surface area contributed by atoms with E-state index in [2.05, 4.69) is 17.4 Å². The van der Waals surface area contributed by atoms with Gasteiger partial charge in [-0.15, -0.1) is 0 Å². The molecule has 0 aromatic heterocycles. The van der Waals surface area contributed by atoms with Gasteiger partial charge in [-0.1, -0.05) is 48.5 Å². The first-order valence-corrected chi connectivity index (χ1v) is 10.7. The third kappa shape index (κ3) is 4.18. The molecule has 1 fully saturated rings. The lowest BCUT2D eigenvalue weighted by atomic mass is 9.98. The van der Waals surface area contributed by atoms with Gasteiger partial charge in [0.15, 0.2) is 0 Å². The highest BCUT2D eigenvalue weighted by Crippen LogP contribution is 2.44. The van der Waals surface area contributed by atoms with Crippen LogP contribution >= 0.6 is 0 Å². The van der Waals surface area contributed by atoms with Crippen molar-refractivity contribution < 1.29 is 24.2 Å². The van der Waals surface area contributed by atoms with Crippen LogP contribution in [-0.2, 0) is 14.3 Å². The van der Waals surface area contributed by atoms with Gasteiger partial charge in [0.1, 0.15) is 18.7 Å². The summed E-state index contributed by atoms with van der Waals surface area (Å²) in [6.07, 6.45) is -0.670. The zero-order valence-electron chi connectivity index (χ0n) is 18.2. The van der Waals surface area contributed by atoms with Crippen molar-refractivity contribution in [3.63, 3.8) is 0 Å². The quantitative estimate of drug-likeness (QED) is 0.744. The number of piperazine rings is 1. The maximum absolute atomic E-state index is 12.7. The first kappa shape index (κ1) is 21.8. The van der Waals surface area contributed by atoms with Crippen molar-refractivity contribution in [3.05, 3.63) is 59.7 Å². The van der Waals surface area contributed by atoms with E-state index in [0.29, 0.717) is 13.1 Å². The molecular weight excluding hydrogens is 410 g/mol. The highest BCUT2D eigenvalue weighted by molar-refractivity contribution is 5.86. The van der Waals surface area contributed by atoms with Crippen LogP contribution in [0, 0.1) is 0 Å². The minimum Gasteiger partial charge on any atom is -0.480 e. The number of carboxylic acids is 1. The van der Waals surface area contributed by atoms with Gasteiger partial charge in [0, 0.05) is 25.6 Å². The van der Waals surface area contributed by atoms with Crippen LogP contribution in [-0.4, -0.2) is 78.2 Å². The molecule has 2 aromatic rings. The van der Waals surface area contributed by atoms with Crippen LogP contribution in [0.1, 0.15) is 24.0 Å². The zero-order chi connectivity index (χ0) is 22.8. The van der Waals surface area contributed by atoms with Crippen LogP contribution in [0.4, 0.5) is 4.79 Å². The minimum atomic E-state index is -0.970. The standard InChI is InChI=1S/C24H27N3O5/c1-15(22(28)27-12-11-26(2)21(13-27)23(29)30)25-24(31)32-14-20-18-9-5-3-7-16(18)17-8-4-6-10-19(17)20/h3-10,15,20-21H,11-14H2,1-2H3,(H,25,31)(H,29,30)/t15-,21?/m1/s1. The fourth-order valence-corrected chi connectivity index (χ4v) is 4.49. The van der Waals surface area contributed by atoms with E-state index in [9.17, 15) is 19.5 Å². The van der Waals surface area contributed by atoms with Gasteiger partial charge in [-0.05, 0) is 36.2 Å². The highest BCUT2D eigenvalue weighted by atomic mass is 16.5. The van der Waals surface area contributed by atoms with Gasteiger partial charge in [0.25, 0.3) is 0 Å². The Morgan fingerprint density at radius 3 is 2.25 bits per heavy atom. The summed E-state index contributed by atoms with van der Waals surface area (Å²) in [4.78, 5) is 39.8. The van der Waals surface area contributed by atoms with Gasteiger partial charge in [-0.25, -0.2) is 4.79 Å². The Labute approximate surface area is 186 Å². The number of nitrogens with one attached hydrogen (secondary N) is 1. The molecule has 2 atom stereocenters. The summed E-state index contributed by atoms with van der Waals surface area (Å²) < 4.78 is 5.50. The monoisotopic (exact) mass is 437 g/mol. The van der Waals surface area contributed by atoms with E-state index in [1.54, 1.807) is 18.9 Å². The number of rotatable bonds is 5. The summed E-state index contributed by atoms with van der Waals surface area (Å²) in [6.45, 7) is 2.70. The minimum absolute atomic E-state index is 0.0619. The van der Waals surface area contributed by atoms with Crippen LogP contribution in [0.3, 0.4) is 0 Å². The van der Waals surface area contributed by atoms with Crippen molar-refractivity contribution in [1.29, 1.82) is 0 Å². The van der Waals surface area contributed by atoms with Gasteiger partial charge in [-0.3, -0.25) is 14.5 Å². The van der Waals surface area contributed by atoms with Crippen molar-refractivity contribution in [2.45, 2.75) is 24.9 Å². The third-order valence-corrected chi connectivity index (χ3v) is 6.29. The molecule has 0 saturated carbocycles. The van der Waals surface area contributed by atoms with E-state index in [0.717, 1.165) is 22.3 Å². The molecule has 1 heterocycles. The van der Waals surface area contributed by atoms with Crippen molar-refractivity contribution >= 4 is 18.0 Å². The number of benzene rings is 2. The number of fused-ring (bicyclic) bond motifs is 3. The second kappa shape index (κ2) is 9.00. The Morgan fingerprint density at radius 2 is 1.66 bits per heavy atom.